The van der Waals surface area contributed by atoms with Gasteiger partial charge < -0.3 is 24.8 Å². The molecule has 232 valence electrons. The van der Waals surface area contributed by atoms with E-state index < -0.39 is 0 Å². The van der Waals surface area contributed by atoms with Crippen LogP contribution in [0.3, 0.4) is 0 Å². The number of rotatable bonds is 9. The second kappa shape index (κ2) is 11.7. The van der Waals surface area contributed by atoms with Gasteiger partial charge in [0.25, 0.3) is 11.5 Å². The predicted molar refractivity (Wildman–Crippen MR) is 177 cm³/mol. The molecule has 0 spiro atoms. The van der Waals surface area contributed by atoms with Gasteiger partial charge in [0.15, 0.2) is 17.2 Å². The number of nitrogens with zero attached hydrogens (tertiary/aromatic N) is 6. The van der Waals surface area contributed by atoms with Gasteiger partial charge in [0.1, 0.15) is 5.69 Å². The van der Waals surface area contributed by atoms with E-state index in [-0.39, 0.29) is 29.8 Å². The first-order valence-corrected chi connectivity index (χ1v) is 15.5. The molecule has 13 heteroatoms. The lowest BCUT2D eigenvalue weighted by Gasteiger charge is -2.15. The molecule has 2 amide bonds. The van der Waals surface area contributed by atoms with Crippen molar-refractivity contribution in [3.05, 3.63) is 94.9 Å². The van der Waals surface area contributed by atoms with Gasteiger partial charge in [-0.3, -0.25) is 14.4 Å². The van der Waals surface area contributed by atoms with Crippen molar-refractivity contribution in [3.8, 4) is 16.2 Å². The number of hydrogen-bond donors (Lipinski definition) is 2. The number of carbonyl (C=O) groups excluding carboxylic acids is 2. The molecule has 0 atom stereocenters. The van der Waals surface area contributed by atoms with E-state index in [1.807, 2.05) is 30.3 Å². The number of nitrogens with one attached hydrogen (secondary N) is 2. The predicted octanol–water partition coefficient (Wildman–Crippen LogP) is 5.02. The van der Waals surface area contributed by atoms with Crippen LogP contribution in [-0.4, -0.2) is 62.1 Å². The highest BCUT2D eigenvalue weighted by atomic mass is 32.1. The molecule has 46 heavy (non-hydrogen) atoms. The van der Waals surface area contributed by atoms with E-state index in [2.05, 4.69) is 25.7 Å². The summed E-state index contributed by atoms with van der Waals surface area (Å²) in [6.45, 7) is 0.231. The van der Waals surface area contributed by atoms with Crippen molar-refractivity contribution in [1.29, 1.82) is 0 Å². The molecule has 7 rings (SSSR count). The normalized spacial score (nSPS) is 12.8. The molecule has 0 aliphatic heterocycles. The lowest BCUT2D eigenvalue weighted by Crippen LogP contribution is -2.24. The van der Waals surface area contributed by atoms with E-state index in [0.717, 1.165) is 28.0 Å². The van der Waals surface area contributed by atoms with E-state index in [9.17, 15) is 14.4 Å². The molecule has 12 nitrogen and oxygen atoms in total. The van der Waals surface area contributed by atoms with Crippen LogP contribution in [0.2, 0.25) is 0 Å². The summed E-state index contributed by atoms with van der Waals surface area (Å²) >= 11 is 1.49. The molecule has 0 saturated heterocycles. The SMILES string of the molecule is COc1c(Nc2cc(NC(=O)C3CC3)nn3ccnc23)cccc1-c1cc2c(=O)n(Cc3cccc(C(=O)N(C)C)n3)ccc2s1. The van der Waals surface area contributed by atoms with Gasteiger partial charge in [-0.25, -0.2) is 14.5 Å². The van der Waals surface area contributed by atoms with Gasteiger partial charge in [0.2, 0.25) is 5.91 Å². The van der Waals surface area contributed by atoms with Gasteiger partial charge >= 0.3 is 0 Å². The number of benzene rings is 1. The minimum atomic E-state index is -0.197. The van der Waals surface area contributed by atoms with Crippen molar-refractivity contribution in [2.24, 2.45) is 5.92 Å². The Balaban J connectivity index is 1.20. The lowest BCUT2D eigenvalue weighted by atomic mass is 10.1. The maximum atomic E-state index is 13.6. The van der Waals surface area contributed by atoms with Crippen LogP contribution in [0.5, 0.6) is 5.75 Å². The van der Waals surface area contributed by atoms with Gasteiger partial charge in [0.05, 0.1) is 36.1 Å². The molecule has 6 aromatic rings. The molecule has 1 aliphatic rings. The lowest BCUT2D eigenvalue weighted by molar-refractivity contribution is -0.117. The summed E-state index contributed by atoms with van der Waals surface area (Å²) in [5.41, 5.74) is 3.52. The Morgan fingerprint density at radius 2 is 1.89 bits per heavy atom. The standard InChI is InChI=1S/C33H30N8O4S/c1-39(2)33(44)24-9-4-6-20(35-24)18-40-14-12-26-22(32(40)43)16-27(46-26)21-7-5-8-23(29(21)45-3)36-25-17-28(37-31(42)19-10-11-19)38-41-15-13-34-30(25)41/h4-9,12-17,19,36H,10-11,18H2,1-3H3,(H,37,38,42). The molecule has 5 heterocycles. The quantitative estimate of drug-likeness (QED) is 0.226. The number of pyridine rings is 2. The number of fused-ring (bicyclic) bond motifs is 2. The van der Waals surface area contributed by atoms with Crippen LogP contribution in [0.1, 0.15) is 29.0 Å². The third-order valence-electron chi connectivity index (χ3n) is 7.73. The van der Waals surface area contributed by atoms with E-state index in [4.69, 9.17) is 4.74 Å². The molecule has 0 radical (unpaired) electrons. The topological polar surface area (TPSA) is 136 Å². The first-order valence-electron chi connectivity index (χ1n) is 14.7. The van der Waals surface area contributed by atoms with Gasteiger partial charge in [-0.15, -0.1) is 16.4 Å². The molecule has 0 bridgehead atoms. The molecular formula is C33H30N8O4S. The van der Waals surface area contributed by atoms with Crippen molar-refractivity contribution in [2.75, 3.05) is 31.8 Å². The number of hydrogen-bond acceptors (Lipinski definition) is 9. The summed E-state index contributed by atoms with van der Waals surface area (Å²) in [4.78, 5) is 49.7. The highest BCUT2D eigenvalue weighted by Crippen LogP contribution is 2.42. The first kappa shape index (κ1) is 29.2. The number of carbonyl (C=O) groups is 2. The Bertz CT molecular complexity index is 2200. The van der Waals surface area contributed by atoms with Crippen molar-refractivity contribution >= 4 is 56.1 Å². The summed E-state index contributed by atoms with van der Waals surface area (Å²) in [6, 6.07) is 16.5. The van der Waals surface area contributed by atoms with Crippen molar-refractivity contribution in [3.63, 3.8) is 0 Å². The van der Waals surface area contributed by atoms with Crippen LogP contribution >= 0.6 is 11.3 Å². The van der Waals surface area contributed by atoms with Crippen LogP contribution in [0.25, 0.3) is 26.2 Å². The molecule has 1 aliphatic carbocycles. The second-order valence-corrected chi connectivity index (χ2v) is 12.3. The Morgan fingerprint density at radius 1 is 1.07 bits per heavy atom. The van der Waals surface area contributed by atoms with Crippen molar-refractivity contribution in [1.82, 2.24) is 29.0 Å². The van der Waals surface area contributed by atoms with E-state index in [1.165, 1.54) is 16.2 Å². The molecule has 1 aromatic carbocycles. The zero-order valence-corrected chi connectivity index (χ0v) is 26.2. The molecule has 1 saturated carbocycles. The number of imidazole rings is 1. The Hall–Kier alpha value is -5.56. The maximum Gasteiger partial charge on any atom is 0.271 e. The summed E-state index contributed by atoms with van der Waals surface area (Å²) in [5, 5.41) is 11.4. The monoisotopic (exact) mass is 634 g/mol. The molecule has 1 fully saturated rings. The van der Waals surface area contributed by atoms with Crippen LogP contribution in [0.4, 0.5) is 17.2 Å². The first-order chi connectivity index (χ1) is 22.3. The van der Waals surface area contributed by atoms with Crippen LogP contribution in [0.15, 0.2) is 78.0 Å². The number of para-hydroxylation sites is 1. The number of methoxy groups -OCH3 is 1. The number of anilines is 3. The molecule has 0 unspecified atom stereocenters. The van der Waals surface area contributed by atoms with Crippen LogP contribution < -0.4 is 20.9 Å². The smallest absolute Gasteiger partial charge is 0.271 e. The fraction of sp³-hybridized carbons (Fsp3) is 0.212. The minimum Gasteiger partial charge on any atom is -0.494 e. The number of amides is 2. The zero-order valence-electron chi connectivity index (χ0n) is 25.4. The Kier molecular flexibility index (Phi) is 7.45. The summed E-state index contributed by atoms with van der Waals surface area (Å²) in [6.07, 6.45) is 6.91. The van der Waals surface area contributed by atoms with E-state index in [0.29, 0.717) is 45.4 Å². The summed E-state index contributed by atoms with van der Waals surface area (Å²) < 4.78 is 9.97. The largest absolute Gasteiger partial charge is 0.494 e. The maximum absolute atomic E-state index is 13.6. The summed E-state index contributed by atoms with van der Waals surface area (Å²) in [7, 11) is 4.95. The van der Waals surface area contributed by atoms with Gasteiger partial charge in [-0.05, 0) is 49.2 Å². The van der Waals surface area contributed by atoms with Gasteiger partial charge in [-0.1, -0.05) is 12.1 Å². The molecular weight excluding hydrogens is 604 g/mol. The number of thiophene rings is 1. The highest BCUT2D eigenvalue weighted by Gasteiger charge is 2.30. The van der Waals surface area contributed by atoms with E-state index in [1.54, 1.807) is 73.1 Å². The number of ether oxygens (including phenoxy) is 1. The van der Waals surface area contributed by atoms with Gasteiger partial charge in [0, 0.05) is 59.8 Å². The molecule has 5 aromatic heterocycles. The average molecular weight is 635 g/mol. The third kappa shape index (κ3) is 5.56. The van der Waals surface area contributed by atoms with E-state index >= 15 is 0 Å². The second-order valence-electron chi connectivity index (χ2n) is 11.3. The third-order valence-corrected chi connectivity index (χ3v) is 8.87. The van der Waals surface area contributed by atoms with Crippen molar-refractivity contribution in [2.45, 2.75) is 19.4 Å². The minimum absolute atomic E-state index is 0.0365. The fourth-order valence-electron chi connectivity index (χ4n) is 5.26. The number of aromatic nitrogens is 5. The van der Waals surface area contributed by atoms with Crippen LogP contribution in [0, 0.1) is 5.92 Å². The summed E-state index contributed by atoms with van der Waals surface area (Å²) in [5.74, 6) is 0.820. The average Bonchev–Trinajstić information content (AvgIpc) is 3.64. The van der Waals surface area contributed by atoms with Crippen LogP contribution in [-0.2, 0) is 11.3 Å². The Morgan fingerprint density at radius 3 is 2.67 bits per heavy atom. The van der Waals surface area contributed by atoms with Gasteiger partial charge in [-0.2, -0.15) is 0 Å². The fourth-order valence-corrected chi connectivity index (χ4v) is 6.33. The molecule has 2 N–H and O–H groups in total. The van der Waals surface area contributed by atoms with Crippen molar-refractivity contribution < 1.29 is 14.3 Å². The Labute approximate surface area is 267 Å². The zero-order chi connectivity index (χ0) is 31.9. The highest BCUT2D eigenvalue weighted by molar-refractivity contribution is 7.22.